The van der Waals surface area contributed by atoms with Gasteiger partial charge in [0.05, 0.1) is 16.0 Å². The van der Waals surface area contributed by atoms with Gasteiger partial charge in [0.15, 0.2) is 0 Å². The molecular weight excluding hydrogens is 476 g/mol. The molecule has 0 bridgehead atoms. The van der Waals surface area contributed by atoms with Gasteiger partial charge in [0.2, 0.25) is 15.9 Å². The highest BCUT2D eigenvalue weighted by Crippen LogP contribution is 2.38. The maximum Gasteiger partial charge on any atom is 0.416 e. The van der Waals surface area contributed by atoms with Crippen LogP contribution in [-0.2, 0) is 27.2 Å². The molecule has 2 aromatic rings. The molecule has 0 aromatic heterocycles. The standard InChI is InChI=1S/C20H19F6N3O3S/c21-19(22,23)14-10-15(20(24,25)26)12-16(11-14)33(31,32)29-8-6-28(7-9-29)17(18(27)30)13-4-2-1-3-5-13/h1-5,10-12,17H,6-9H2,(H2,27,30). The zero-order valence-electron chi connectivity index (χ0n) is 16.9. The van der Waals surface area contributed by atoms with E-state index in [4.69, 9.17) is 5.73 Å². The van der Waals surface area contributed by atoms with Gasteiger partial charge in [0.25, 0.3) is 0 Å². The summed E-state index contributed by atoms with van der Waals surface area (Å²) in [5.41, 5.74) is 2.65. The highest BCUT2D eigenvalue weighted by Gasteiger charge is 2.40. The Balaban J connectivity index is 1.88. The minimum absolute atomic E-state index is 0.00712. The topological polar surface area (TPSA) is 83.7 Å². The molecule has 33 heavy (non-hydrogen) atoms. The quantitative estimate of drug-likeness (QED) is 0.646. The molecule has 0 saturated carbocycles. The van der Waals surface area contributed by atoms with Crippen LogP contribution in [0.15, 0.2) is 53.4 Å². The molecule has 1 atom stereocenters. The first-order valence-corrected chi connectivity index (χ1v) is 11.0. The van der Waals surface area contributed by atoms with E-state index in [1.807, 2.05) is 0 Å². The number of alkyl halides is 6. The van der Waals surface area contributed by atoms with Crippen molar-refractivity contribution in [3.8, 4) is 0 Å². The third-order valence-electron chi connectivity index (χ3n) is 5.22. The SMILES string of the molecule is NC(=O)C(c1ccccc1)N1CCN(S(=O)(=O)c2cc(C(F)(F)F)cc(C(F)(F)F)c2)CC1. The van der Waals surface area contributed by atoms with E-state index in [0.717, 1.165) is 4.31 Å². The number of sulfonamides is 1. The van der Waals surface area contributed by atoms with Gasteiger partial charge in [0, 0.05) is 26.2 Å². The lowest BCUT2D eigenvalue weighted by molar-refractivity contribution is -0.143. The molecule has 6 nitrogen and oxygen atoms in total. The van der Waals surface area contributed by atoms with Crippen LogP contribution < -0.4 is 5.73 Å². The predicted molar refractivity (Wildman–Crippen MR) is 105 cm³/mol. The normalized spacial score (nSPS) is 17.6. The molecule has 1 fully saturated rings. The highest BCUT2D eigenvalue weighted by molar-refractivity contribution is 7.89. The summed E-state index contributed by atoms with van der Waals surface area (Å²) in [6.45, 7) is -0.521. The first kappa shape index (κ1) is 25.0. The summed E-state index contributed by atoms with van der Waals surface area (Å²) in [6, 6.07) is 7.83. The van der Waals surface area contributed by atoms with Crippen LogP contribution in [0.3, 0.4) is 0 Å². The van der Waals surface area contributed by atoms with Crippen LogP contribution in [0.2, 0.25) is 0 Å². The number of hydrogen-bond donors (Lipinski definition) is 1. The number of piperazine rings is 1. The Labute approximate surface area is 185 Å². The molecule has 1 unspecified atom stereocenters. The summed E-state index contributed by atoms with van der Waals surface area (Å²) >= 11 is 0. The minimum Gasteiger partial charge on any atom is -0.368 e. The Morgan fingerprint density at radius 3 is 1.76 bits per heavy atom. The maximum atomic E-state index is 13.1. The monoisotopic (exact) mass is 495 g/mol. The Hall–Kier alpha value is -2.64. The molecule has 1 amide bonds. The van der Waals surface area contributed by atoms with Crippen molar-refractivity contribution in [2.45, 2.75) is 23.3 Å². The number of amides is 1. The molecule has 1 saturated heterocycles. The average molecular weight is 495 g/mol. The summed E-state index contributed by atoms with van der Waals surface area (Å²) in [6.07, 6.45) is -10.3. The lowest BCUT2D eigenvalue weighted by Gasteiger charge is -2.37. The van der Waals surface area contributed by atoms with Crippen molar-refractivity contribution in [3.63, 3.8) is 0 Å². The fourth-order valence-electron chi connectivity index (χ4n) is 3.62. The second-order valence-electron chi connectivity index (χ2n) is 7.40. The van der Waals surface area contributed by atoms with Gasteiger partial charge in [0.1, 0.15) is 6.04 Å². The number of nitrogens with two attached hydrogens (primary N) is 1. The molecule has 1 heterocycles. The van der Waals surface area contributed by atoms with Gasteiger partial charge in [-0.05, 0) is 23.8 Å². The lowest BCUT2D eigenvalue weighted by atomic mass is 10.0. The second kappa shape index (κ2) is 8.95. The molecule has 0 radical (unpaired) electrons. The largest absolute Gasteiger partial charge is 0.416 e. The molecule has 2 aromatic carbocycles. The van der Waals surface area contributed by atoms with Gasteiger partial charge in [-0.25, -0.2) is 8.42 Å². The summed E-state index contributed by atoms with van der Waals surface area (Å²) in [7, 11) is -4.67. The van der Waals surface area contributed by atoms with E-state index in [1.54, 1.807) is 35.2 Å². The van der Waals surface area contributed by atoms with E-state index < -0.39 is 50.3 Å². The van der Waals surface area contributed by atoms with Crippen molar-refractivity contribution in [1.29, 1.82) is 0 Å². The first-order valence-electron chi connectivity index (χ1n) is 9.59. The van der Waals surface area contributed by atoms with E-state index in [0.29, 0.717) is 5.56 Å². The van der Waals surface area contributed by atoms with Gasteiger partial charge in [-0.1, -0.05) is 30.3 Å². The van der Waals surface area contributed by atoms with E-state index >= 15 is 0 Å². The summed E-state index contributed by atoms with van der Waals surface area (Å²) in [5.74, 6) is -0.676. The average Bonchev–Trinajstić information content (AvgIpc) is 2.73. The number of primary amides is 1. The number of carbonyl (C=O) groups excluding carboxylic acids is 1. The van der Waals surface area contributed by atoms with Gasteiger partial charge in [-0.15, -0.1) is 0 Å². The zero-order chi connectivity index (χ0) is 24.6. The van der Waals surface area contributed by atoms with Gasteiger partial charge >= 0.3 is 12.4 Å². The molecule has 1 aliphatic heterocycles. The van der Waals surface area contributed by atoms with Gasteiger partial charge < -0.3 is 5.73 Å². The lowest BCUT2D eigenvalue weighted by Crippen LogP contribution is -2.51. The predicted octanol–water partition coefficient (Wildman–Crippen LogP) is 3.26. The maximum absolute atomic E-state index is 13.1. The molecule has 180 valence electrons. The van der Waals surface area contributed by atoms with Crippen LogP contribution in [0.1, 0.15) is 22.7 Å². The fraction of sp³-hybridized carbons (Fsp3) is 0.350. The van der Waals surface area contributed by atoms with Crippen molar-refractivity contribution >= 4 is 15.9 Å². The van der Waals surface area contributed by atoms with Crippen LogP contribution >= 0.6 is 0 Å². The minimum atomic E-state index is -5.17. The first-order chi connectivity index (χ1) is 15.2. The fourth-order valence-corrected chi connectivity index (χ4v) is 5.11. The van der Waals surface area contributed by atoms with E-state index in [9.17, 15) is 39.6 Å². The highest BCUT2D eigenvalue weighted by atomic mass is 32.2. The van der Waals surface area contributed by atoms with Crippen molar-refractivity contribution in [2.75, 3.05) is 26.2 Å². The van der Waals surface area contributed by atoms with Crippen molar-refractivity contribution in [2.24, 2.45) is 5.73 Å². The molecule has 1 aliphatic rings. The summed E-state index contributed by atoms with van der Waals surface area (Å²) in [5, 5.41) is 0. The smallest absolute Gasteiger partial charge is 0.368 e. The van der Waals surface area contributed by atoms with Gasteiger partial charge in [-0.3, -0.25) is 9.69 Å². The number of halogens is 6. The molecular formula is C20H19F6N3O3S. The second-order valence-corrected chi connectivity index (χ2v) is 9.34. The summed E-state index contributed by atoms with van der Waals surface area (Å²) in [4.78, 5) is 12.5. The third-order valence-corrected chi connectivity index (χ3v) is 7.10. The third kappa shape index (κ3) is 5.47. The van der Waals surface area contributed by atoms with Crippen LogP contribution in [-0.4, -0.2) is 49.7 Å². The molecule has 0 spiro atoms. The van der Waals surface area contributed by atoms with Crippen LogP contribution in [0.25, 0.3) is 0 Å². The Bertz CT molecular complexity index is 1080. The van der Waals surface area contributed by atoms with Crippen molar-refractivity contribution in [1.82, 2.24) is 9.21 Å². The molecule has 3 rings (SSSR count). The van der Waals surface area contributed by atoms with E-state index in [-0.39, 0.29) is 44.4 Å². The Morgan fingerprint density at radius 2 is 1.33 bits per heavy atom. The number of benzene rings is 2. The number of rotatable bonds is 5. The van der Waals surface area contributed by atoms with E-state index in [1.165, 1.54) is 0 Å². The molecule has 13 heteroatoms. The summed E-state index contributed by atoms with van der Waals surface area (Å²) < 4.78 is 105. The number of nitrogens with zero attached hydrogens (tertiary/aromatic N) is 2. The van der Waals surface area contributed by atoms with Crippen molar-refractivity contribution in [3.05, 3.63) is 65.2 Å². The van der Waals surface area contributed by atoms with E-state index in [2.05, 4.69) is 0 Å². The molecule has 0 aliphatic carbocycles. The van der Waals surface area contributed by atoms with Crippen LogP contribution in [0.5, 0.6) is 0 Å². The Morgan fingerprint density at radius 1 is 0.848 bits per heavy atom. The van der Waals surface area contributed by atoms with Crippen LogP contribution in [0, 0.1) is 0 Å². The molecule has 2 N–H and O–H groups in total. The van der Waals surface area contributed by atoms with Crippen molar-refractivity contribution < 1.29 is 39.6 Å². The van der Waals surface area contributed by atoms with Gasteiger partial charge in [-0.2, -0.15) is 30.6 Å². The number of carbonyl (C=O) groups is 1. The van der Waals surface area contributed by atoms with Crippen LogP contribution in [0.4, 0.5) is 26.3 Å². The zero-order valence-corrected chi connectivity index (χ0v) is 17.7. The number of hydrogen-bond acceptors (Lipinski definition) is 4. The Kier molecular flexibility index (Phi) is 6.78.